The van der Waals surface area contributed by atoms with Gasteiger partial charge in [-0.25, -0.2) is 0 Å². The van der Waals surface area contributed by atoms with E-state index in [1.165, 1.54) is 21.7 Å². The van der Waals surface area contributed by atoms with Crippen LogP contribution in [0.2, 0.25) is 5.04 Å². The van der Waals surface area contributed by atoms with E-state index in [2.05, 4.69) is 126 Å². The molecule has 0 bridgehead atoms. The number of benzene rings is 3. The van der Waals surface area contributed by atoms with Crippen LogP contribution >= 0.6 is 11.8 Å². The Hall–Kier alpha value is -1.85. The van der Waals surface area contributed by atoms with Crippen LogP contribution in [0.4, 0.5) is 0 Å². The maximum Gasteiger partial charge on any atom is 0.261 e. The minimum absolute atomic E-state index is 0.0123. The second-order valence-electron chi connectivity index (χ2n) is 11.2. The van der Waals surface area contributed by atoms with E-state index in [-0.39, 0.29) is 16.6 Å². The lowest BCUT2D eigenvalue weighted by Gasteiger charge is -2.45. The zero-order chi connectivity index (χ0) is 25.6. The highest BCUT2D eigenvalue weighted by molar-refractivity contribution is 7.99. The molecule has 0 N–H and O–H groups in total. The van der Waals surface area contributed by atoms with Gasteiger partial charge in [-0.15, -0.1) is 0 Å². The van der Waals surface area contributed by atoms with Crippen molar-refractivity contribution in [2.75, 3.05) is 6.61 Å². The van der Waals surface area contributed by atoms with Gasteiger partial charge in [0.15, 0.2) is 0 Å². The molecule has 4 rings (SSSR count). The molecule has 1 saturated heterocycles. The van der Waals surface area contributed by atoms with Gasteiger partial charge in [0.05, 0.1) is 6.10 Å². The van der Waals surface area contributed by atoms with Crippen LogP contribution in [0.5, 0.6) is 0 Å². The van der Waals surface area contributed by atoms with Crippen molar-refractivity contribution in [1.82, 2.24) is 0 Å². The average molecular weight is 519 g/mol. The van der Waals surface area contributed by atoms with E-state index in [1.54, 1.807) is 0 Å². The molecule has 0 aromatic heterocycles. The Morgan fingerprint density at radius 3 is 1.89 bits per heavy atom. The Balaban J connectivity index is 1.58. The first kappa shape index (κ1) is 27.2. The largest absolute Gasteiger partial charge is 0.407 e. The molecular weight excluding hydrogens is 477 g/mol. The Morgan fingerprint density at radius 1 is 0.861 bits per heavy atom. The maximum atomic E-state index is 7.31. The third-order valence-corrected chi connectivity index (χ3v) is 14.0. The summed E-state index contributed by atoms with van der Waals surface area (Å²) in [4.78, 5) is 1.28. The molecule has 0 saturated carbocycles. The van der Waals surface area contributed by atoms with Gasteiger partial charge in [-0.1, -0.05) is 125 Å². The molecule has 3 aromatic carbocycles. The van der Waals surface area contributed by atoms with Gasteiger partial charge in [-0.2, -0.15) is 0 Å². The molecule has 1 fully saturated rings. The van der Waals surface area contributed by atoms with Crippen LogP contribution in [-0.4, -0.2) is 26.5 Å². The fourth-order valence-corrected chi connectivity index (χ4v) is 11.3. The normalized spacial score (nSPS) is 21.8. The first-order valence-electron chi connectivity index (χ1n) is 13.5. The summed E-state index contributed by atoms with van der Waals surface area (Å²) in [6.45, 7) is 12.4. The fourth-order valence-electron chi connectivity index (χ4n) is 5.54. The van der Waals surface area contributed by atoms with Gasteiger partial charge in [-0.05, 0) is 52.7 Å². The molecule has 3 aromatic rings. The summed E-state index contributed by atoms with van der Waals surface area (Å²) in [5.74, 6) is 0.916. The Kier molecular flexibility index (Phi) is 9.16. The van der Waals surface area contributed by atoms with Crippen molar-refractivity contribution in [3.63, 3.8) is 0 Å². The topological polar surface area (TPSA) is 18.5 Å². The van der Waals surface area contributed by atoms with Gasteiger partial charge in [0.2, 0.25) is 0 Å². The van der Waals surface area contributed by atoms with E-state index in [0.29, 0.717) is 11.8 Å². The first-order chi connectivity index (χ1) is 17.3. The number of hydrogen-bond acceptors (Lipinski definition) is 3. The van der Waals surface area contributed by atoms with Gasteiger partial charge in [-0.3, -0.25) is 0 Å². The zero-order valence-corrected chi connectivity index (χ0v) is 24.3. The van der Waals surface area contributed by atoms with E-state index in [0.717, 1.165) is 19.4 Å². The molecule has 4 atom stereocenters. The van der Waals surface area contributed by atoms with Crippen molar-refractivity contribution < 1.29 is 9.16 Å². The highest BCUT2D eigenvalue weighted by Gasteiger charge is 2.50. The van der Waals surface area contributed by atoms with E-state index >= 15 is 0 Å². The van der Waals surface area contributed by atoms with Gasteiger partial charge in [0.1, 0.15) is 5.44 Å². The summed E-state index contributed by atoms with van der Waals surface area (Å²) < 4.78 is 14.1. The molecule has 1 unspecified atom stereocenters. The highest BCUT2D eigenvalue weighted by atomic mass is 32.2. The molecule has 192 valence electrons. The van der Waals surface area contributed by atoms with Crippen molar-refractivity contribution >= 4 is 30.5 Å². The molecule has 0 aliphatic carbocycles. The maximum absolute atomic E-state index is 7.31. The van der Waals surface area contributed by atoms with Crippen LogP contribution in [0.3, 0.4) is 0 Å². The van der Waals surface area contributed by atoms with Crippen LogP contribution in [0.1, 0.15) is 53.9 Å². The zero-order valence-electron chi connectivity index (χ0n) is 22.5. The second-order valence-corrected chi connectivity index (χ2v) is 16.6. The van der Waals surface area contributed by atoms with E-state index < -0.39 is 8.32 Å². The number of rotatable bonds is 9. The summed E-state index contributed by atoms with van der Waals surface area (Å²) in [5, 5.41) is 2.67. The Morgan fingerprint density at radius 2 is 1.39 bits per heavy atom. The minimum atomic E-state index is -2.54. The quantitative estimate of drug-likeness (QED) is 0.273. The monoisotopic (exact) mass is 518 g/mol. The van der Waals surface area contributed by atoms with Crippen molar-refractivity contribution in [1.29, 1.82) is 0 Å². The first-order valence-corrected chi connectivity index (χ1v) is 16.3. The standard InChI is InChI=1S/C32H42O2SSi/c1-6-26(30-23-22-25(2)31(34-30)35-27-16-10-7-11-17-27)24-33-36(32(3,4)5,28-18-12-8-13-19-28)29-20-14-9-15-21-29/h7-21,25-26,30-31H,6,22-24H2,1-5H3/t25-,26-,30+,31?/m0/s1. The smallest absolute Gasteiger partial charge is 0.261 e. The fraction of sp³-hybridized carbons (Fsp3) is 0.438. The second kappa shape index (κ2) is 12.1. The molecule has 36 heavy (non-hydrogen) atoms. The molecule has 0 radical (unpaired) electrons. The van der Waals surface area contributed by atoms with E-state index in [1.807, 2.05) is 11.8 Å². The van der Waals surface area contributed by atoms with Crippen LogP contribution in [0.25, 0.3) is 0 Å². The third kappa shape index (κ3) is 5.99. The number of ether oxygens (including phenoxy) is 1. The summed E-state index contributed by atoms with van der Waals surface area (Å²) >= 11 is 1.87. The highest BCUT2D eigenvalue weighted by Crippen LogP contribution is 2.40. The van der Waals surface area contributed by atoms with Crippen LogP contribution in [0.15, 0.2) is 95.9 Å². The predicted octanol–water partition coefficient (Wildman–Crippen LogP) is 7.52. The molecule has 1 heterocycles. The summed E-state index contributed by atoms with van der Waals surface area (Å²) in [7, 11) is -2.54. The summed E-state index contributed by atoms with van der Waals surface area (Å²) in [5.41, 5.74) is 0.188. The van der Waals surface area contributed by atoms with E-state index in [4.69, 9.17) is 9.16 Å². The molecule has 0 spiro atoms. The number of thioether (sulfide) groups is 1. The predicted molar refractivity (Wildman–Crippen MR) is 157 cm³/mol. The molecule has 4 heteroatoms. The van der Waals surface area contributed by atoms with Gasteiger partial charge in [0, 0.05) is 17.4 Å². The summed E-state index contributed by atoms with van der Waals surface area (Å²) in [6, 6.07) is 32.6. The Bertz CT molecular complexity index is 1010. The van der Waals surface area contributed by atoms with Gasteiger partial charge in [0.25, 0.3) is 8.32 Å². The minimum Gasteiger partial charge on any atom is -0.407 e. The van der Waals surface area contributed by atoms with Gasteiger partial charge < -0.3 is 9.16 Å². The molecule has 1 aliphatic heterocycles. The lowest BCUT2D eigenvalue weighted by molar-refractivity contribution is -0.0710. The SMILES string of the molecule is CC[C@@H](CO[Si](c1ccccc1)(c1ccccc1)C(C)(C)C)[C@H]1CC[C@H](C)C(Sc2ccccc2)O1. The van der Waals surface area contributed by atoms with Gasteiger partial charge >= 0.3 is 0 Å². The molecule has 0 amide bonds. The van der Waals surface area contributed by atoms with E-state index in [9.17, 15) is 0 Å². The number of hydrogen-bond donors (Lipinski definition) is 0. The third-order valence-electron chi connectivity index (χ3n) is 7.66. The average Bonchev–Trinajstić information content (AvgIpc) is 2.89. The Labute approximate surface area is 224 Å². The van der Waals surface area contributed by atoms with Crippen molar-refractivity contribution in [2.45, 2.75) is 75.4 Å². The van der Waals surface area contributed by atoms with Crippen LogP contribution in [0, 0.1) is 11.8 Å². The molecule has 1 aliphatic rings. The lowest BCUT2D eigenvalue weighted by Crippen LogP contribution is -2.67. The lowest BCUT2D eigenvalue weighted by atomic mass is 9.91. The molecular formula is C32H42O2SSi. The van der Waals surface area contributed by atoms with Crippen LogP contribution < -0.4 is 10.4 Å². The summed E-state index contributed by atoms with van der Waals surface area (Å²) in [6.07, 6.45) is 3.59. The van der Waals surface area contributed by atoms with Crippen molar-refractivity contribution in [2.24, 2.45) is 11.8 Å². The molecule has 2 nitrogen and oxygen atoms in total. The van der Waals surface area contributed by atoms with Crippen molar-refractivity contribution in [3.8, 4) is 0 Å². The van der Waals surface area contributed by atoms with Crippen LogP contribution in [-0.2, 0) is 9.16 Å². The van der Waals surface area contributed by atoms with Crippen molar-refractivity contribution in [3.05, 3.63) is 91.0 Å².